The Morgan fingerprint density at radius 1 is 1.00 bits per heavy atom. The number of aryl methyl sites for hydroxylation is 1. The van der Waals surface area contributed by atoms with Crippen molar-refractivity contribution in [2.24, 2.45) is 5.92 Å². The summed E-state index contributed by atoms with van der Waals surface area (Å²) in [7, 11) is 1.99. The van der Waals surface area contributed by atoms with E-state index in [1.807, 2.05) is 50.4 Å². The molecule has 5 rings (SSSR count). The summed E-state index contributed by atoms with van der Waals surface area (Å²) in [4.78, 5) is 35.5. The monoisotopic (exact) mass is 471 g/mol. The maximum atomic E-state index is 12.7. The highest BCUT2D eigenvalue weighted by Crippen LogP contribution is 2.32. The number of hydrogen-bond acceptors (Lipinski definition) is 6. The predicted molar refractivity (Wildman–Crippen MR) is 135 cm³/mol. The number of aromatic nitrogens is 2. The van der Waals surface area contributed by atoms with Gasteiger partial charge in [-0.15, -0.1) is 0 Å². The molecule has 0 spiro atoms. The Morgan fingerprint density at radius 2 is 1.83 bits per heavy atom. The Hall–Kier alpha value is -3.62. The van der Waals surface area contributed by atoms with Gasteiger partial charge >= 0.3 is 0 Å². The Balaban J connectivity index is 1.36. The quantitative estimate of drug-likeness (QED) is 0.569. The largest absolute Gasteiger partial charge is 0.366 e. The van der Waals surface area contributed by atoms with Gasteiger partial charge in [0, 0.05) is 36.3 Å². The second kappa shape index (κ2) is 9.93. The van der Waals surface area contributed by atoms with Crippen LogP contribution in [0.5, 0.6) is 0 Å². The SMILES string of the molecule is Cc1ccc(NC(=O)C2CN(C)CCO2)cc1-c1cccc(-c2cc(NC(=O)C3CC3)ncn2)c1. The normalized spacial score (nSPS) is 18.2. The summed E-state index contributed by atoms with van der Waals surface area (Å²) in [5.41, 5.74) is 5.49. The van der Waals surface area contributed by atoms with Crippen molar-refractivity contribution in [2.75, 3.05) is 37.4 Å². The number of morpholine rings is 1. The molecule has 2 aromatic carbocycles. The molecule has 2 N–H and O–H groups in total. The van der Waals surface area contributed by atoms with E-state index in [0.29, 0.717) is 19.0 Å². The predicted octanol–water partition coefficient (Wildman–Crippen LogP) is 3.74. The fraction of sp³-hybridized carbons (Fsp3) is 0.333. The van der Waals surface area contributed by atoms with Crippen molar-refractivity contribution < 1.29 is 14.3 Å². The van der Waals surface area contributed by atoms with Gasteiger partial charge < -0.3 is 20.3 Å². The topological polar surface area (TPSA) is 96.5 Å². The molecule has 1 saturated carbocycles. The lowest BCUT2D eigenvalue weighted by Gasteiger charge is -2.29. The minimum atomic E-state index is -0.478. The van der Waals surface area contributed by atoms with Crippen LogP contribution in [0.4, 0.5) is 11.5 Å². The van der Waals surface area contributed by atoms with Crippen molar-refractivity contribution in [3.8, 4) is 22.4 Å². The van der Waals surface area contributed by atoms with Crippen LogP contribution >= 0.6 is 0 Å². The first-order valence-corrected chi connectivity index (χ1v) is 11.9. The minimum absolute atomic E-state index is 0.0168. The van der Waals surface area contributed by atoms with Crippen molar-refractivity contribution in [1.82, 2.24) is 14.9 Å². The molecule has 1 aromatic heterocycles. The average molecular weight is 472 g/mol. The van der Waals surface area contributed by atoms with Gasteiger partial charge in [0.25, 0.3) is 5.91 Å². The lowest BCUT2D eigenvalue weighted by Crippen LogP contribution is -2.46. The van der Waals surface area contributed by atoms with Crippen LogP contribution in [0.1, 0.15) is 18.4 Å². The smallest absolute Gasteiger partial charge is 0.254 e. The second-order valence-corrected chi connectivity index (χ2v) is 9.27. The summed E-state index contributed by atoms with van der Waals surface area (Å²) in [6, 6.07) is 15.7. The third kappa shape index (κ3) is 5.55. The van der Waals surface area contributed by atoms with Crippen LogP contribution in [0.3, 0.4) is 0 Å². The van der Waals surface area contributed by atoms with Crippen LogP contribution in [0.25, 0.3) is 22.4 Å². The van der Waals surface area contributed by atoms with Crippen molar-refractivity contribution >= 4 is 23.3 Å². The van der Waals surface area contributed by atoms with E-state index in [-0.39, 0.29) is 17.7 Å². The Morgan fingerprint density at radius 3 is 2.63 bits per heavy atom. The minimum Gasteiger partial charge on any atom is -0.366 e. The molecule has 1 saturated heterocycles. The molecule has 2 amide bonds. The van der Waals surface area contributed by atoms with E-state index < -0.39 is 6.10 Å². The first-order valence-electron chi connectivity index (χ1n) is 11.9. The van der Waals surface area contributed by atoms with Gasteiger partial charge in [-0.2, -0.15) is 0 Å². The van der Waals surface area contributed by atoms with Crippen LogP contribution in [0.2, 0.25) is 0 Å². The van der Waals surface area contributed by atoms with Gasteiger partial charge in [-0.25, -0.2) is 9.97 Å². The van der Waals surface area contributed by atoms with Crippen molar-refractivity contribution in [3.63, 3.8) is 0 Å². The van der Waals surface area contributed by atoms with Crippen molar-refractivity contribution in [1.29, 1.82) is 0 Å². The zero-order valence-electron chi connectivity index (χ0n) is 20.0. The molecule has 0 bridgehead atoms. The lowest BCUT2D eigenvalue weighted by atomic mass is 9.97. The van der Waals surface area contributed by atoms with E-state index >= 15 is 0 Å². The van der Waals surface area contributed by atoms with Crippen molar-refractivity contribution in [3.05, 3.63) is 60.4 Å². The molecule has 35 heavy (non-hydrogen) atoms. The molecule has 2 aliphatic rings. The zero-order chi connectivity index (χ0) is 24.4. The molecule has 1 unspecified atom stereocenters. The average Bonchev–Trinajstić information content (AvgIpc) is 3.71. The number of benzene rings is 2. The maximum absolute atomic E-state index is 12.7. The number of likely N-dealkylation sites (N-methyl/N-ethyl adjacent to an activating group) is 1. The summed E-state index contributed by atoms with van der Waals surface area (Å²) in [6.07, 6.45) is 2.87. The number of hydrogen-bond donors (Lipinski definition) is 2. The summed E-state index contributed by atoms with van der Waals surface area (Å²) in [5, 5.41) is 5.89. The fourth-order valence-electron chi connectivity index (χ4n) is 4.17. The van der Waals surface area contributed by atoms with E-state index in [1.54, 1.807) is 6.07 Å². The first-order chi connectivity index (χ1) is 17.0. The zero-order valence-corrected chi connectivity index (χ0v) is 20.0. The van der Waals surface area contributed by atoms with E-state index in [1.165, 1.54) is 6.33 Å². The van der Waals surface area contributed by atoms with Crippen LogP contribution in [0.15, 0.2) is 54.9 Å². The molecule has 1 aliphatic carbocycles. The van der Waals surface area contributed by atoms with Crippen LogP contribution < -0.4 is 10.6 Å². The maximum Gasteiger partial charge on any atom is 0.254 e. The molecular weight excluding hydrogens is 442 g/mol. The van der Waals surface area contributed by atoms with Gasteiger partial charge in [0.1, 0.15) is 18.2 Å². The number of carbonyl (C=O) groups is 2. The third-order valence-corrected chi connectivity index (χ3v) is 6.40. The van der Waals surface area contributed by atoms with Crippen LogP contribution in [-0.4, -0.2) is 59.5 Å². The van der Waals surface area contributed by atoms with Gasteiger partial charge in [-0.05, 0) is 61.7 Å². The number of nitrogens with one attached hydrogen (secondary N) is 2. The van der Waals surface area contributed by atoms with Gasteiger partial charge in [0.15, 0.2) is 0 Å². The number of rotatable bonds is 6. The summed E-state index contributed by atoms with van der Waals surface area (Å²) < 4.78 is 5.64. The van der Waals surface area contributed by atoms with Gasteiger partial charge in [-0.3, -0.25) is 9.59 Å². The van der Waals surface area contributed by atoms with E-state index in [9.17, 15) is 9.59 Å². The van der Waals surface area contributed by atoms with Crippen molar-refractivity contribution in [2.45, 2.75) is 25.9 Å². The van der Waals surface area contributed by atoms with Crippen LogP contribution in [-0.2, 0) is 14.3 Å². The number of ether oxygens (including phenoxy) is 1. The first kappa shape index (κ1) is 23.1. The van der Waals surface area contributed by atoms with Crippen LogP contribution in [0, 0.1) is 12.8 Å². The Bertz CT molecular complexity index is 1260. The van der Waals surface area contributed by atoms with E-state index in [2.05, 4.69) is 31.6 Å². The number of amides is 2. The third-order valence-electron chi connectivity index (χ3n) is 6.40. The molecule has 1 atom stereocenters. The number of nitrogens with zero attached hydrogens (tertiary/aromatic N) is 3. The van der Waals surface area contributed by atoms with Gasteiger partial charge in [0.2, 0.25) is 5.91 Å². The molecule has 2 heterocycles. The van der Waals surface area contributed by atoms with Gasteiger partial charge in [-0.1, -0.05) is 24.3 Å². The fourth-order valence-corrected chi connectivity index (χ4v) is 4.17. The second-order valence-electron chi connectivity index (χ2n) is 9.27. The van der Waals surface area contributed by atoms with E-state index in [0.717, 1.165) is 53.0 Å². The van der Waals surface area contributed by atoms with E-state index in [4.69, 9.17) is 4.74 Å². The molecule has 0 radical (unpaired) electrons. The summed E-state index contributed by atoms with van der Waals surface area (Å²) in [6.45, 7) is 4.00. The highest BCUT2D eigenvalue weighted by atomic mass is 16.5. The number of anilines is 2. The molecule has 3 aromatic rings. The highest BCUT2D eigenvalue weighted by Gasteiger charge is 2.30. The highest BCUT2D eigenvalue weighted by molar-refractivity contribution is 5.95. The summed E-state index contributed by atoms with van der Waals surface area (Å²) >= 11 is 0. The molecule has 8 heteroatoms. The molecule has 8 nitrogen and oxygen atoms in total. The Labute approximate surface area is 204 Å². The Kier molecular flexibility index (Phi) is 6.57. The number of carbonyl (C=O) groups excluding carboxylic acids is 2. The molecule has 180 valence electrons. The lowest BCUT2D eigenvalue weighted by molar-refractivity contribution is -0.132. The molecule has 2 fully saturated rings. The molecule has 1 aliphatic heterocycles. The van der Waals surface area contributed by atoms with Gasteiger partial charge in [0.05, 0.1) is 12.3 Å². The standard InChI is InChI=1S/C27H29N5O3/c1-17-6-9-21(30-27(34)24-15-32(2)10-11-35-24)13-22(17)19-4-3-5-20(12-19)23-14-25(29-16-28-23)31-26(33)18-7-8-18/h3-6,9,12-14,16,18,24H,7-8,10-11,15H2,1-2H3,(H,30,34)(H,28,29,31,33). The molecular formula is C27H29N5O3. The summed E-state index contributed by atoms with van der Waals surface area (Å²) in [5.74, 6) is 0.497.